The molecule has 0 bridgehead atoms. The molecular formula is C20H17ClN4O2. The van der Waals surface area contributed by atoms with Gasteiger partial charge in [0.1, 0.15) is 17.8 Å². The summed E-state index contributed by atoms with van der Waals surface area (Å²) < 4.78 is 0. The van der Waals surface area contributed by atoms with Gasteiger partial charge in [0.15, 0.2) is 5.78 Å². The standard InChI is InChI=1S/C20H17ClN4O2/c1-13(26)15-4-8-17(9-5-15)25-19-10-18(23-12-24-19)20(27)22-11-14-2-6-16(21)7-3-14/h2-10,12H,11H2,1H3,(H,22,27)(H,23,24,25). The number of carbonyl (C=O) groups excluding carboxylic acids is 2. The van der Waals surface area contributed by atoms with Crippen LogP contribution in [0.25, 0.3) is 0 Å². The molecule has 0 radical (unpaired) electrons. The number of Topliss-reactive ketones (excluding diaryl/α,β-unsaturated/α-hetero) is 1. The monoisotopic (exact) mass is 380 g/mol. The fourth-order valence-corrected chi connectivity index (χ4v) is 2.49. The van der Waals surface area contributed by atoms with Gasteiger partial charge in [0.2, 0.25) is 0 Å². The molecule has 27 heavy (non-hydrogen) atoms. The summed E-state index contributed by atoms with van der Waals surface area (Å²) in [5.41, 5.74) is 2.57. The van der Waals surface area contributed by atoms with Crippen LogP contribution in [0.2, 0.25) is 5.02 Å². The largest absolute Gasteiger partial charge is 0.347 e. The molecule has 7 heteroatoms. The van der Waals surface area contributed by atoms with Crippen LogP contribution in [-0.2, 0) is 6.54 Å². The van der Waals surface area contributed by atoms with Crippen LogP contribution in [0.5, 0.6) is 0 Å². The van der Waals surface area contributed by atoms with Gasteiger partial charge < -0.3 is 10.6 Å². The molecule has 1 amide bonds. The molecule has 3 rings (SSSR count). The van der Waals surface area contributed by atoms with Gasteiger partial charge in [-0.15, -0.1) is 0 Å². The molecule has 136 valence electrons. The zero-order valence-corrected chi connectivity index (χ0v) is 15.3. The predicted molar refractivity (Wildman–Crippen MR) is 104 cm³/mol. The predicted octanol–water partition coefficient (Wildman–Crippen LogP) is 4.01. The second-order valence-corrected chi connectivity index (χ2v) is 6.29. The molecule has 6 nitrogen and oxygen atoms in total. The normalized spacial score (nSPS) is 10.3. The second-order valence-electron chi connectivity index (χ2n) is 5.86. The highest BCUT2D eigenvalue weighted by atomic mass is 35.5. The highest BCUT2D eigenvalue weighted by molar-refractivity contribution is 6.30. The van der Waals surface area contributed by atoms with Crippen LogP contribution >= 0.6 is 11.6 Å². The molecule has 0 atom stereocenters. The number of benzene rings is 2. The Balaban J connectivity index is 1.64. The van der Waals surface area contributed by atoms with E-state index >= 15 is 0 Å². The van der Waals surface area contributed by atoms with Crippen LogP contribution in [0.1, 0.15) is 33.3 Å². The van der Waals surface area contributed by atoms with Gasteiger partial charge in [-0.3, -0.25) is 9.59 Å². The van der Waals surface area contributed by atoms with E-state index in [0.717, 1.165) is 11.3 Å². The molecule has 2 N–H and O–H groups in total. The molecule has 0 spiro atoms. The summed E-state index contributed by atoms with van der Waals surface area (Å²) in [6, 6.07) is 15.8. The van der Waals surface area contributed by atoms with Gasteiger partial charge in [-0.25, -0.2) is 9.97 Å². The Morgan fingerprint density at radius 3 is 2.37 bits per heavy atom. The van der Waals surface area contributed by atoms with E-state index in [2.05, 4.69) is 20.6 Å². The number of hydrogen-bond acceptors (Lipinski definition) is 5. The van der Waals surface area contributed by atoms with Gasteiger partial charge >= 0.3 is 0 Å². The molecule has 0 unspecified atom stereocenters. The lowest BCUT2D eigenvalue weighted by atomic mass is 10.1. The number of rotatable bonds is 6. The number of nitrogens with one attached hydrogen (secondary N) is 2. The number of anilines is 2. The summed E-state index contributed by atoms with van der Waals surface area (Å²) in [4.78, 5) is 31.8. The lowest BCUT2D eigenvalue weighted by molar-refractivity contribution is 0.0945. The molecular weight excluding hydrogens is 364 g/mol. The van der Waals surface area contributed by atoms with E-state index in [1.54, 1.807) is 42.5 Å². The number of amides is 1. The first-order chi connectivity index (χ1) is 13.0. The van der Waals surface area contributed by atoms with Crippen LogP contribution < -0.4 is 10.6 Å². The number of aromatic nitrogens is 2. The van der Waals surface area contributed by atoms with E-state index in [0.29, 0.717) is 22.9 Å². The van der Waals surface area contributed by atoms with Crippen LogP contribution in [0.3, 0.4) is 0 Å². The number of nitrogens with zero attached hydrogens (tertiary/aromatic N) is 2. The third-order valence-corrected chi connectivity index (χ3v) is 4.08. The van der Waals surface area contributed by atoms with Crippen molar-refractivity contribution in [3.63, 3.8) is 0 Å². The molecule has 1 heterocycles. The Hall–Kier alpha value is -3.25. The van der Waals surface area contributed by atoms with Crippen molar-refractivity contribution in [2.24, 2.45) is 0 Å². The minimum atomic E-state index is -0.303. The quantitative estimate of drug-likeness (QED) is 0.631. The zero-order valence-electron chi connectivity index (χ0n) is 14.6. The summed E-state index contributed by atoms with van der Waals surface area (Å²) in [7, 11) is 0. The Morgan fingerprint density at radius 1 is 1.00 bits per heavy atom. The van der Waals surface area contributed by atoms with Crippen molar-refractivity contribution in [1.29, 1.82) is 0 Å². The molecule has 0 aliphatic heterocycles. The average Bonchev–Trinajstić information content (AvgIpc) is 2.68. The van der Waals surface area contributed by atoms with Crippen molar-refractivity contribution in [3.8, 4) is 0 Å². The van der Waals surface area contributed by atoms with Gasteiger partial charge in [0.25, 0.3) is 5.91 Å². The van der Waals surface area contributed by atoms with Crippen LogP contribution in [-0.4, -0.2) is 21.7 Å². The lowest BCUT2D eigenvalue weighted by Gasteiger charge is -2.08. The van der Waals surface area contributed by atoms with E-state index < -0.39 is 0 Å². The average molecular weight is 381 g/mol. The Bertz CT molecular complexity index is 956. The molecule has 2 aromatic carbocycles. The molecule has 0 aliphatic rings. The Kier molecular flexibility index (Phi) is 5.78. The van der Waals surface area contributed by atoms with E-state index in [1.165, 1.54) is 13.3 Å². The minimum absolute atomic E-state index is 0.00299. The number of hydrogen-bond donors (Lipinski definition) is 2. The summed E-state index contributed by atoms with van der Waals surface area (Å²) >= 11 is 5.85. The highest BCUT2D eigenvalue weighted by Gasteiger charge is 2.09. The van der Waals surface area contributed by atoms with E-state index in [4.69, 9.17) is 11.6 Å². The van der Waals surface area contributed by atoms with E-state index in [1.807, 2.05) is 12.1 Å². The molecule has 1 aromatic heterocycles. The fourth-order valence-electron chi connectivity index (χ4n) is 2.36. The van der Waals surface area contributed by atoms with Crippen LogP contribution in [0.4, 0.5) is 11.5 Å². The van der Waals surface area contributed by atoms with Gasteiger partial charge in [-0.1, -0.05) is 23.7 Å². The molecule has 3 aromatic rings. The first kappa shape index (κ1) is 18.5. The minimum Gasteiger partial charge on any atom is -0.347 e. The second kappa shape index (κ2) is 8.42. The van der Waals surface area contributed by atoms with Gasteiger partial charge in [0, 0.05) is 28.9 Å². The molecule has 0 aliphatic carbocycles. The third kappa shape index (κ3) is 5.12. The van der Waals surface area contributed by atoms with Crippen molar-refractivity contribution in [2.45, 2.75) is 13.5 Å². The smallest absolute Gasteiger partial charge is 0.270 e. The zero-order chi connectivity index (χ0) is 19.2. The number of halogens is 1. The topological polar surface area (TPSA) is 84.0 Å². The van der Waals surface area contributed by atoms with Gasteiger partial charge in [-0.05, 0) is 48.9 Å². The fraction of sp³-hybridized carbons (Fsp3) is 0.100. The van der Waals surface area contributed by atoms with Crippen molar-refractivity contribution in [3.05, 3.63) is 82.8 Å². The van der Waals surface area contributed by atoms with E-state index in [-0.39, 0.29) is 17.4 Å². The summed E-state index contributed by atoms with van der Waals surface area (Å²) in [5, 5.41) is 6.54. The van der Waals surface area contributed by atoms with Crippen LogP contribution in [0.15, 0.2) is 60.9 Å². The highest BCUT2D eigenvalue weighted by Crippen LogP contribution is 2.16. The maximum Gasteiger partial charge on any atom is 0.270 e. The van der Waals surface area contributed by atoms with E-state index in [9.17, 15) is 9.59 Å². The van der Waals surface area contributed by atoms with Crippen molar-refractivity contribution >= 4 is 34.8 Å². The Labute approximate surface area is 161 Å². The molecule has 0 fully saturated rings. The van der Waals surface area contributed by atoms with Crippen molar-refractivity contribution in [2.75, 3.05) is 5.32 Å². The maximum absolute atomic E-state index is 12.3. The Morgan fingerprint density at radius 2 is 1.70 bits per heavy atom. The molecule has 0 saturated heterocycles. The maximum atomic E-state index is 12.3. The molecule has 0 saturated carbocycles. The lowest BCUT2D eigenvalue weighted by Crippen LogP contribution is -2.24. The number of ketones is 1. The van der Waals surface area contributed by atoms with Gasteiger partial charge in [0.05, 0.1) is 0 Å². The first-order valence-electron chi connectivity index (χ1n) is 8.24. The number of carbonyl (C=O) groups is 2. The summed E-state index contributed by atoms with van der Waals surface area (Å²) in [6.45, 7) is 1.89. The van der Waals surface area contributed by atoms with Crippen molar-refractivity contribution < 1.29 is 9.59 Å². The summed E-state index contributed by atoms with van der Waals surface area (Å²) in [6.07, 6.45) is 1.32. The first-order valence-corrected chi connectivity index (χ1v) is 8.62. The van der Waals surface area contributed by atoms with Crippen LogP contribution in [0, 0.1) is 0 Å². The van der Waals surface area contributed by atoms with Gasteiger partial charge in [-0.2, -0.15) is 0 Å². The van der Waals surface area contributed by atoms with Crippen molar-refractivity contribution in [1.82, 2.24) is 15.3 Å². The third-order valence-electron chi connectivity index (χ3n) is 3.83. The SMILES string of the molecule is CC(=O)c1ccc(Nc2cc(C(=O)NCc3ccc(Cl)cc3)ncn2)cc1. The summed E-state index contributed by atoms with van der Waals surface area (Å²) in [5.74, 6) is 0.183.